The lowest BCUT2D eigenvalue weighted by Crippen LogP contribution is -1.94. The highest BCUT2D eigenvalue weighted by Crippen LogP contribution is 2.26. The summed E-state index contributed by atoms with van der Waals surface area (Å²) in [4.78, 5) is 0. The first-order valence-corrected chi connectivity index (χ1v) is 6.80. The van der Waals surface area contributed by atoms with Gasteiger partial charge < -0.3 is 5.73 Å². The van der Waals surface area contributed by atoms with E-state index in [1.54, 1.807) is 23.0 Å². The van der Waals surface area contributed by atoms with Crippen LogP contribution in [0.1, 0.15) is 0 Å². The molecule has 100 valence electrons. The number of nitrogens with two attached hydrogens (primary N) is 1. The summed E-state index contributed by atoms with van der Waals surface area (Å²) in [5, 5.41) is 4.44. The number of hydrogen-bond donors (Lipinski definition) is 1. The maximum Gasteiger partial charge on any atom is 0.123 e. The van der Waals surface area contributed by atoms with Crippen LogP contribution in [0.3, 0.4) is 0 Å². The molecule has 2 N–H and O–H groups in total. The number of aromatic nitrogens is 2. The second-order valence-electron chi connectivity index (χ2n) is 4.37. The molecule has 3 nitrogen and oxygen atoms in total. The van der Waals surface area contributed by atoms with Crippen LogP contribution < -0.4 is 5.73 Å². The topological polar surface area (TPSA) is 43.8 Å². The molecular weight excluding hydrogens is 321 g/mol. The van der Waals surface area contributed by atoms with Crippen molar-refractivity contribution in [3.8, 4) is 16.9 Å². The zero-order chi connectivity index (χ0) is 14.1. The van der Waals surface area contributed by atoms with E-state index in [4.69, 9.17) is 5.73 Å². The van der Waals surface area contributed by atoms with E-state index in [1.165, 1.54) is 12.1 Å². The molecule has 0 bridgehead atoms. The molecule has 1 aromatic heterocycles. The van der Waals surface area contributed by atoms with Crippen molar-refractivity contribution in [2.75, 3.05) is 5.73 Å². The Bertz CT molecular complexity index is 767. The van der Waals surface area contributed by atoms with Crippen molar-refractivity contribution in [2.45, 2.75) is 0 Å². The minimum absolute atomic E-state index is 0.307. The Labute approximate surface area is 124 Å². The minimum Gasteiger partial charge on any atom is -0.396 e. The highest BCUT2D eigenvalue weighted by atomic mass is 79.9. The van der Waals surface area contributed by atoms with Crippen molar-refractivity contribution in [1.29, 1.82) is 0 Å². The van der Waals surface area contributed by atoms with Gasteiger partial charge in [-0.15, -0.1) is 0 Å². The molecule has 0 saturated heterocycles. The molecule has 1 heterocycles. The van der Waals surface area contributed by atoms with E-state index in [1.807, 2.05) is 24.3 Å². The van der Waals surface area contributed by atoms with Crippen LogP contribution in [0.2, 0.25) is 0 Å². The molecule has 0 fully saturated rings. The number of rotatable bonds is 2. The van der Waals surface area contributed by atoms with Gasteiger partial charge in [-0.25, -0.2) is 9.07 Å². The molecule has 0 aliphatic carbocycles. The predicted octanol–water partition coefficient (Wildman–Crippen LogP) is 4.02. The standard InChI is InChI=1S/C15H11BrFN3/c16-11-4-2-6-13(8-11)20-9-14(18)15(19-20)10-3-1-5-12(17)7-10/h1-9H,18H2. The van der Waals surface area contributed by atoms with Crippen molar-refractivity contribution in [2.24, 2.45) is 0 Å². The van der Waals surface area contributed by atoms with Gasteiger partial charge in [-0.1, -0.05) is 34.1 Å². The average Bonchev–Trinajstić information content (AvgIpc) is 2.81. The lowest BCUT2D eigenvalue weighted by Gasteiger charge is -2.01. The molecule has 0 aliphatic heterocycles. The highest BCUT2D eigenvalue weighted by molar-refractivity contribution is 9.10. The molecule has 2 aromatic carbocycles. The second-order valence-corrected chi connectivity index (χ2v) is 5.28. The third kappa shape index (κ3) is 2.44. The second kappa shape index (κ2) is 5.09. The molecular formula is C15H11BrFN3. The highest BCUT2D eigenvalue weighted by Gasteiger charge is 2.10. The fraction of sp³-hybridized carbons (Fsp3) is 0. The third-order valence-electron chi connectivity index (χ3n) is 2.91. The first kappa shape index (κ1) is 12.9. The van der Waals surface area contributed by atoms with Gasteiger partial charge in [0.15, 0.2) is 0 Å². The molecule has 3 rings (SSSR count). The molecule has 0 unspecified atom stereocenters. The lowest BCUT2D eigenvalue weighted by molar-refractivity contribution is 0.628. The summed E-state index contributed by atoms with van der Waals surface area (Å²) in [6.45, 7) is 0. The summed E-state index contributed by atoms with van der Waals surface area (Å²) in [5.41, 5.74) is 8.61. The van der Waals surface area contributed by atoms with Crippen molar-refractivity contribution in [3.63, 3.8) is 0 Å². The number of hydrogen-bond acceptors (Lipinski definition) is 2. The molecule has 3 aromatic rings. The molecule has 0 aliphatic rings. The van der Waals surface area contributed by atoms with E-state index in [2.05, 4.69) is 21.0 Å². The molecule has 5 heteroatoms. The number of anilines is 1. The average molecular weight is 332 g/mol. The molecule has 0 saturated carbocycles. The zero-order valence-electron chi connectivity index (χ0n) is 10.4. The van der Waals surface area contributed by atoms with Crippen LogP contribution in [0.15, 0.2) is 59.2 Å². The summed E-state index contributed by atoms with van der Waals surface area (Å²) in [7, 11) is 0. The van der Waals surface area contributed by atoms with Crippen molar-refractivity contribution >= 4 is 21.6 Å². The first-order chi connectivity index (χ1) is 9.63. The van der Waals surface area contributed by atoms with Gasteiger partial charge in [-0.05, 0) is 30.3 Å². The van der Waals surface area contributed by atoms with Crippen LogP contribution >= 0.6 is 15.9 Å². The van der Waals surface area contributed by atoms with E-state index in [-0.39, 0.29) is 5.82 Å². The number of halogens is 2. The summed E-state index contributed by atoms with van der Waals surface area (Å²) < 4.78 is 15.9. The van der Waals surface area contributed by atoms with Gasteiger partial charge in [0.25, 0.3) is 0 Å². The Balaban J connectivity index is 2.08. The Morgan fingerprint density at radius 3 is 2.65 bits per heavy atom. The van der Waals surface area contributed by atoms with Crippen LogP contribution in [0.5, 0.6) is 0 Å². The van der Waals surface area contributed by atoms with Gasteiger partial charge >= 0.3 is 0 Å². The molecule has 0 atom stereocenters. The van der Waals surface area contributed by atoms with Crippen molar-refractivity contribution < 1.29 is 4.39 Å². The van der Waals surface area contributed by atoms with E-state index in [0.717, 1.165) is 10.2 Å². The van der Waals surface area contributed by atoms with Gasteiger partial charge in [0.2, 0.25) is 0 Å². The zero-order valence-corrected chi connectivity index (χ0v) is 12.0. The van der Waals surface area contributed by atoms with E-state index >= 15 is 0 Å². The van der Waals surface area contributed by atoms with Gasteiger partial charge in [-0.2, -0.15) is 5.10 Å². The molecule has 0 radical (unpaired) electrons. The number of benzene rings is 2. The largest absolute Gasteiger partial charge is 0.396 e. The van der Waals surface area contributed by atoms with E-state index < -0.39 is 0 Å². The van der Waals surface area contributed by atoms with Crippen LogP contribution in [0.25, 0.3) is 16.9 Å². The maximum absolute atomic E-state index is 13.3. The van der Waals surface area contributed by atoms with Gasteiger partial charge in [-0.3, -0.25) is 0 Å². The maximum atomic E-state index is 13.3. The van der Waals surface area contributed by atoms with Gasteiger partial charge in [0, 0.05) is 10.0 Å². The Morgan fingerprint density at radius 1 is 1.10 bits per heavy atom. The fourth-order valence-corrected chi connectivity index (χ4v) is 2.39. The predicted molar refractivity (Wildman–Crippen MR) is 81.1 cm³/mol. The molecule has 0 amide bonds. The van der Waals surface area contributed by atoms with Gasteiger partial charge in [0.1, 0.15) is 11.5 Å². The van der Waals surface area contributed by atoms with Crippen LogP contribution in [0, 0.1) is 5.82 Å². The quantitative estimate of drug-likeness (QED) is 0.770. The van der Waals surface area contributed by atoms with Crippen LogP contribution in [-0.4, -0.2) is 9.78 Å². The smallest absolute Gasteiger partial charge is 0.123 e. The van der Waals surface area contributed by atoms with Gasteiger partial charge in [0.05, 0.1) is 17.6 Å². The molecule has 20 heavy (non-hydrogen) atoms. The summed E-state index contributed by atoms with van der Waals surface area (Å²) in [6, 6.07) is 13.9. The number of nitrogen functional groups attached to an aromatic ring is 1. The normalized spacial score (nSPS) is 10.7. The van der Waals surface area contributed by atoms with E-state index in [9.17, 15) is 4.39 Å². The fourth-order valence-electron chi connectivity index (χ4n) is 2.00. The van der Waals surface area contributed by atoms with Crippen molar-refractivity contribution in [1.82, 2.24) is 9.78 Å². The number of nitrogens with zero attached hydrogens (tertiary/aromatic N) is 2. The Kier molecular flexibility index (Phi) is 3.28. The van der Waals surface area contributed by atoms with Crippen LogP contribution in [0.4, 0.5) is 10.1 Å². The summed E-state index contributed by atoms with van der Waals surface area (Å²) in [5.74, 6) is -0.307. The SMILES string of the molecule is Nc1cn(-c2cccc(Br)c2)nc1-c1cccc(F)c1. The Morgan fingerprint density at radius 2 is 1.90 bits per heavy atom. The van der Waals surface area contributed by atoms with Crippen molar-refractivity contribution in [3.05, 3.63) is 65.0 Å². The summed E-state index contributed by atoms with van der Waals surface area (Å²) in [6.07, 6.45) is 1.72. The monoisotopic (exact) mass is 331 g/mol. The van der Waals surface area contributed by atoms with E-state index in [0.29, 0.717) is 16.9 Å². The minimum atomic E-state index is -0.307. The third-order valence-corrected chi connectivity index (χ3v) is 3.41. The first-order valence-electron chi connectivity index (χ1n) is 6.00. The summed E-state index contributed by atoms with van der Waals surface area (Å²) >= 11 is 3.42. The lowest BCUT2D eigenvalue weighted by atomic mass is 10.1. The molecule has 0 spiro atoms. The van der Waals surface area contributed by atoms with Crippen LogP contribution in [-0.2, 0) is 0 Å². The Hall–Kier alpha value is -2.14.